The summed E-state index contributed by atoms with van der Waals surface area (Å²) in [6.07, 6.45) is 9.91. The number of aliphatic imine (C=N–C) groups is 1. The van der Waals surface area contributed by atoms with Crippen LogP contribution < -0.4 is 10.6 Å². The average Bonchev–Trinajstić information content (AvgIpc) is 2.60. The molecular weight excluding hydrogens is 318 g/mol. The van der Waals surface area contributed by atoms with Crippen LogP contribution in [0, 0.1) is 11.8 Å². The van der Waals surface area contributed by atoms with Gasteiger partial charge in [-0.3, -0.25) is 9.20 Å². The van der Waals surface area contributed by atoms with Gasteiger partial charge in [0.15, 0.2) is 5.96 Å². The Bertz CT molecular complexity index is 427. The normalized spacial score (nSPS) is 33.0. The first-order valence-electron chi connectivity index (χ1n) is 10.1. The van der Waals surface area contributed by atoms with Gasteiger partial charge in [-0.25, -0.2) is 0 Å². The minimum absolute atomic E-state index is 0.363. The molecular formula is C19H37N3OS. The summed E-state index contributed by atoms with van der Waals surface area (Å²) in [6, 6.07) is 0.417. The lowest BCUT2D eigenvalue weighted by Crippen LogP contribution is -2.47. The maximum Gasteiger partial charge on any atom is 0.191 e. The van der Waals surface area contributed by atoms with Gasteiger partial charge in [-0.2, -0.15) is 0 Å². The fourth-order valence-electron chi connectivity index (χ4n) is 4.14. The van der Waals surface area contributed by atoms with Crippen molar-refractivity contribution in [3.8, 4) is 0 Å². The largest absolute Gasteiger partial charge is 0.357 e. The highest BCUT2D eigenvalue weighted by molar-refractivity contribution is 7.85. The molecule has 0 bridgehead atoms. The standard InChI is InChI=1S/C19H37N3OS/c1-4-20-19(21-14-16-10-7-6-9-15(16)3)22-17-11-8-12-18(13-17)24(23)5-2/h15-18H,4-14H2,1-3H3,(H2,20,21,22). The van der Waals surface area contributed by atoms with Crippen LogP contribution in [0.15, 0.2) is 4.99 Å². The minimum Gasteiger partial charge on any atom is -0.357 e. The Labute approximate surface area is 151 Å². The van der Waals surface area contributed by atoms with Crippen molar-refractivity contribution < 1.29 is 4.21 Å². The van der Waals surface area contributed by atoms with Crippen LogP contribution in [-0.2, 0) is 10.8 Å². The monoisotopic (exact) mass is 355 g/mol. The predicted molar refractivity (Wildman–Crippen MR) is 105 cm³/mol. The molecule has 0 aromatic rings. The van der Waals surface area contributed by atoms with Gasteiger partial charge in [0, 0.05) is 40.9 Å². The highest BCUT2D eigenvalue weighted by Gasteiger charge is 2.26. The number of nitrogens with zero attached hydrogens (tertiary/aromatic N) is 1. The summed E-state index contributed by atoms with van der Waals surface area (Å²) in [5.41, 5.74) is 0. The summed E-state index contributed by atoms with van der Waals surface area (Å²) in [5, 5.41) is 7.39. The predicted octanol–water partition coefficient (Wildman–Crippen LogP) is 3.45. The zero-order valence-electron chi connectivity index (χ0n) is 15.9. The second-order valence-electron chi connectivity index (χ2n) is 7.54. The van der Waals surface area contributed by atoms with Crippen molar-refractivity contribution in [3.05, 3.63) is 0 Å². The quantitative estimate of drug-likeness (QED) is 0.567. The summed E-state index contributed by atoms with van der Waals surface area (Å²) in [7, 11) is -0.665. The topological polar surface area (TPSA) is 53.5 Å². The number of guanidine groups is 1. The van der Waals surface area contributed by atoms with Crippen LogP contribution in [0.25, 0.3) is 0 Å². The van der Waals surface area contributed by atoms with Crippen LogP contribution in [0.3, 0.4) is 0 Å². The van der Waals surface area contributed by atoms with Gasteiger partial charge in [0.1, 0.15) is 0 Å². The number of hydrogen-bond donors (Lipinski definition) is 2. The van der Waals surface area contributed by atoms with Crippen LogP contribution in [0.1, 0.15) is 72.1 Å². The molecule has 0 amide bonds. The molecule has 24 heavy (non-hydrogen) atoms. The Kier molecular flexibility index (Phi) is 8.57. The van der Waals surface area contributed by atoms with Crippen LogP contribution in [0.5, 0.6) is 0 Å². The third-order valence-electron chi connectivity index (χ3n) is 5.74. The van der Waals surface area contributed by atoms with Gasteiger partial charge in [-0.1, -0.05) is 39.5 Å². The van der Waals surface area contributed by atoms with Crippen molar-refractivity contribution in [2.45, 2.75) is 83.4 Å². The van der Waals surface area contributed by atoms with E-state index in [0.717, 1.165) is 49.5 Å². The first-order chi connectivity index (χ1) is 11.6. The Morgan fingerprint density at radius 1 is 1.12 bits per heavy atom. The molecule has 0 spiro atoms. The van der Waals surface area contributed by atoms with Crippen molar-refractivity contribution in [2.24, 2.45) is 16.8 Å². The van der Waals surface area contributed by atoms with E-state index in [-0.39, 0.29) is 0 Å². The zero-order chi connectivity index (χ0) is 17.4. The van der Waals surface area contributed by atoms with Crippen molar-refractivity contribution >= 4 is 16.8 Å². The molecule has 2 rings (SSSR count). The van der Waals surface area contributed by atoms with Gasteiger partial charge in [0.25, 0.3) is 0 Å². The highest BCUT2D eigenvalue weighted by atomic mass is 32.2. The molecule has 4 nitrogen and oxygen atoms in total. The molecule has 2 fully saturated rings. The highest BCUT2D eigenvalue weighted by Crippen LogP contribution is 2.29. The molecule has 2 saturated carbocycles. The Balaban J connectivity index is 1.89. The molecule has 0 radical (unpaired) electrons. The summed E-state index contributed by atoms with van der Waals surface area (Å²) in [5.74, 6) is 3.28. The number of nitrogens with one attached hydrogen (secondary N) is 2. The van der Waals surface area contributed by atoms with E-state index in [4.69, 9.17) is 4.99 Å². The molecule has 0 aromatic carbocycles. The van der Waals surface area contributed by atoms with E-state index >= 15 is 0 Å². The first-order valence-corrected chi connectivity index (χ1v) is 11.4. The minimum atomic E-state index is -0.665. The molecule has 2 N–H and O–H groups in total. The summed E-state index contributed by atoms with van der Waals surface area (Å²) >= 11 is 0. The molecule has 2 aliphatic rings. The first kappa shape index (κ1) is 19.7. The van der Waals surface area contributed by atoms with E-state index in [1.54, 1.807) is 0 Å². The van der Waals surface area contributed by atoms with Gasteiger partial charge >= 0.3 is 0 Å². The molecule has 5 heteroatoms. The number of rotatable bonds is 6. The molecule has 5 atom stereocenters. The summed E-state index contributed by atoms with van der Waals surface area (Å²) in [4.78, 5) is 4.89. The molecule has 0 aromatic heterocycles. The fraction of sp³-hybridized carbons (Fsp3) is 0.947. The number of hydrogen-bond acceptors (Lipinski definition) is 2. The van der Waals surface area contributed by atoms with Crippen molar-refractivity contribution in [1.29, 1.82) is 0 Å². The third kappa shape index (κ3) is 6.05. The average molecular weight is 356 g/mol. The molecule has 0 saturated heterocycles. The SMILES string of the molecule is CCNC(=NCC1CCCCC1C)NC1CCCC(S(=O)CC)C1. The summed E-state index contributed by atoms with van der Waals surface area (Å²) in [6.45, 7) is 8.36. The van der Waals surface area contributed by atoms with Crippen LogP contribution in [0.4, 0.5) is 0 Å². The van der Waals surface area contributed by atoms with E-state index in [1.807, 2.05) is 6.92 Å². The lowest BCUT2D eigenvalue weighted by atomic mass is 9.80. The molecule has 5 unspecified atom stereocenters. The van der Waals surface area contributed by atoms with Gasteiger partial charge in [-0.15, -0.1) is 0 Å². The van der Waals surface area contributed by atoms with Gasteiger partial charge < -0.3 is 10.6 Å². The Morgan fingerprint density at radius 3 is 2.62 bits per heavy atom. The third-order valence-corrected chi connectivity index (χ3v) is 7.48. The molecule has 140 valence electrons. The van der Waals surface area contributed by atoms with Crippen molar-refractivity contribution in [3.63, 3.8) is 0 Å². The molecule has 0 heterocycles. The van der Waals surface area contributed by atoms with Crippen LogP contribution in [-0.4, -0.2) is 40.3 Å². The van der Waals surface area contributed by atoms with E-state index in [1.165, 1.54) is 38.5 Å². The lowest BCUT2D eigenvalue weighted by Gasteiger charge is -2.31. The smallest absolute Gasteiger partial charge is 0.191 e. The molecule has 2 aliphatic carbocycles. The Morgan fingerprint density at radius 2 is 1.92 bits per heavy atom. The maximum absolute atomic E-state index is 12.1. The van der Waals surface area contributed by atoms with Gasteiger partial charge in [-0.05, 0) is 44.4 Å². The van der Waals surface area contributed by atoms with Gasteiger partial charge in [0.2, 0.25) is 0 Å². The second kappa shape index (κ2) is 10.4. The van der Waals surface area contributed by atoms with E-state index < -0.39 is 10.8 Å². The molecule has 0 aliphatic heterocycles. The van der Waals surface area contributed by atoms with Crippen molar-refractivity contribution in [2.75, 3.05) is 18.8 Å². The maximum atomic E-state index is 12.1. The van der Waals surface area contributed by atoms with E-state index in [2.05, 4.69) is 24.5 Å². The van der Waals surface area contributed by atoms with Crippen molar-refractivity contribution in [1.82, 2.24) is 10.6 Å². The van der Waals surface area contributed by atoms with Crippen LogP contribution >= 0.6 is 0 Å². The van der Waals surface area contributed by atoms with E-state index in [9.17, 15) is 4.21 Å². The van der Waals surface area contributed by atoms with E-state index in [0.29, 0.717) is 11.3 Å². The van der Waals surface area contributed by atoms with Crippen LogP contribution in [0.2, 0.25) is 0 Å². The summed E-state index contributed by atoms with van der Waals surface area (Å²) < 4.78 is 12.1. The van der Waals surface area contributed by atoms with Gasteiger partial charge in [0.05, 0.1) is 0 Å². The zero-order valence-corrected chi connectivity index (χ0v) is 16.7. The lowest BCUT2D eigenvalue weighted by molar-refractivity contribution is 0.263. The Hall–Kier alpha value is -0.580. The fourth-order valence-corrected chi connectivity index (χ4v) is 5.48. The second-order valence-corrected chi connectivity index (χ2v) is 9.55.